The fourth-order valence-electron chi connectivity index (χ4n) is 4.91. The van der Waals surface area contributed by atoms with Crippen LogP contribution < -0.4 is 5.32 Å². The average molecular weight is 551 g/mol. The van der Waals surface area contributed by atoms with E-state index in [0.29, 0.717) is 5.56 Å². The highest BCUT2D eigenvalue weighted by atomic mass is 32.2. The number of fused-ring (bicyclic) bond motifs is 3. The number of nitrogens with one attached hydrogen (secondary N) is 1. The van der Waals surface area contributed by atoms with Crippen molar-refractivity contribution >= 4 is 23.0 Å². The quantitative estimate of drug-likeness (QED) is 0.277. The molecule has 1 N–H and O–H groups in total. The lowest BCUT2D eigenvalue weighted by Gasteiger charge is -2.28. The van der Waals surface area contributed by atoms with Crippen LogP contribution in [0.4, 0.5) is 4.79 Å². The largest absolute Gasteiger partial charge is 0.459 e. The fourth-order valence-corrected chi connectivity index (χ4v) is 5.62. The van der Waals surface area contributed by atoms with Crippen molar-refractivity contribution in [3.05, 3.63) is 95.6 Å². The van der Waals surface area contributed by atoms with E-state index in [1.165, 1.54) is 0 Å². The van der Waals surface area contributed by atoms with Crippen LogP contribution in [0.25, 0.3) is 11.1 Å². The van der Waals surface area contributed by atoms with E-state index in [2.05, 4.69) is 29.6 Å². The van der Waals surface area contributed by atoms with E-state index >= 15 is 0 Å². The van der Waals surface area contributed by atoms with E-state index in [9.17, 15) is 18.0 Å². The maximum atomic E-state index is 12.6. The van der Waals surface area contributed by atoms with Crippen LogP contribution in [0.5, 0.6) is 0 Å². The number of esters is 1. The second kappa shape index (κ2) is 12.4. The summed E-state index contributed by atoms with van der Waals surface area (Å²) in [7, 11) is -3.11. The van der Waals surface area contributed by atoms with E-state index in [1.807, 2.05) is 30.3 Å². The van der Waals surface area contributed by atoms with Gasteiger partial charge in [0.15, 0.2) is 0 Å². The third kappa shape index (κ3) is 7.25. The highest BCUT2D eigenvalue weighted by Gasteiger charge is 2.30. The van der Waals surface area contributed by atoms with Crippen LogP contribution in [0.15, 0.2) is 78.9 Å². The molecule has 39 heavy (non-hydrogen) atoms. The molecule has 0 heterocycles. The van der Waals surface area contributed by atoms with Gasteiger partial charge in [0.2, 0.25) is 10.9 Å². The van der Waals surface area contributed by atoms with Crippen LogP contribution in [0, 0.1) is 0 Å². The molecular formula is C30H34N2O6S. The van der Waals surface area contributed by atoms with Gasteiger partial charge >= 0.3 is 12.1 Å². The van der Waals surface area contributed by atoms with E-state index in [1.54, 1.807) is 45.0 Å². The molecule has 206 valence electrons. The van der Waals surface area contributed by atoms with Crippen molar-refractivity contribution in [3.63, 3.8) is 0 Å². The van der Waals surface area contributed by atoms with Crippen LogP contribution in [0.3, 0.4) is 0 Å². The Bertz CT molecular complexity index is 1330. The molecule has 1 aliphatic carbocycles. The van der Waals surface area contributed by atoms with Gasteiger partial charge in [0.05, 0.1) is 6.04 Å². The number of ether oxygens (including phenoxy) is 2. The predicted octanol–water partition coefficient (Wildman–Crippen LogP) is 4.83. The summed E-state index contributed by atoms with van der Waals surface area (Å²) in [6.07, 6.45) is -0.353. The summed E-state index contributed by atoms with van der Waals surface area (Å²) in [5, 5.41) is 2.74. The molecule has 3 aromatic carbocycles. The Morgan fingerprint density at radius 1 is 0.897 bits per heavy atom. The standard InChI is InChI=1S/C30H34N2O6S/c1-30(2,3)38-28(33)19-32(39(35)36)27(21-11-5-4-6-12-21)17-18-31-29(34)37-20-26-24-15-9-7-13-22(24)23-14-8-10-16-25(23)26/h4-16,26-27,39H,17-20H2,1-3H3,(H,31,34). The zero-order valence-corrected chi connectivity index (χ0v) is 23.2. The Labute approximate surface area is 231 Å². The molecule has 0 bridgehead atoms. The highest BCUT2D eigenvalue weighted by molar-refractivity contribution is 7.69. The Morgan fingerprint density at radius 2 is 1.46 bits per heavy atom. The van der Waals surface area contributed by atoms with E-state index in [-0.39, 0.29) is 25.5 Å². The molecule has 0 aromatic heterocycles. The van der Waals surface area contributed by atoms with Gasteiger partial charge in [0, 0.05) is 12.5 Å². The molecule has 9 heteroatoms. The number of rotatable bonds is 10. The molecule has 3 aromatic rings. The fraction of sp³-hybridized carbons (Fsp3) is 0.333. The van der Waals surface area contributed by atoms with Crippen molar-refractivity contribution in [2.24, 2.45) is 0 Å². The number of carbonyl (C=O) groups excluding carboxylic acids is 2. The van der Waals surface area contributed by atoms with Gasteiger partial charge in [0.1, 0.15) is 18.8 Å². The molecule has 0 saturated heterocycles. The van der Waals surface area contributed by atoms with Crippen molar-refractivity contribution < 1.29 is 27.5 Å². The number of alkyl carbamates (subject to hydrolysis) is 1. The van der Waals surface area contributed by atoms with Crippen molar-refractivity contribution in [1.29, 1.82) is 0 Å². The molecule has 1 aliphatic rings. The summed E-state index contributed by atoms with van der Waals surface area (Å²) in [6, 6.07) is 24.5. The van der Waals surface area contributed by atoms with Crippen LogP contribution in [-0.4, -0.2) is 50.1 Å². The number of nitrogens with zero attached hydrogens (tertiary/aromatic N) is 1. The van der Waals surface area contributed by atoms with Crippen molar-refractivity contribution in [1.82, 2.24) is 9.62 Å². The van der Waals surface area contributed by atoms with Crippen molar-refractivity contribution in [2.75, 3.05) is 19.7 Å². The molecule has 0 radical (unpaired) electrons. The molecule has 1 atom stereocenters. The number of amides is 1. The number of carbonyl (C=O) groups is 2. The summed E-state index contributed by atoms with van der Waals surface area (Å²) in [6.45, 7) is 5.06. The van der Waals surface area contributed by atoms with Crippen molar-refractivity contribution in [3.8, 4) is 11.1 Å². The average Bonchev–Trinajstić information content (AvgIpc) is 3.22. The van der Waals surface area contributed by atoms with Gasteiger partial charge in [-0.05, 0) is 55.0 Å². The van der Waals surface area contributed by atoms with Crippen LogP contribution in [0.1, 0.15) is 55.8 Å². The summed E-state index contributed by atoms with van der Waals surface area (Å²) >= 11 is 0. The Kier molecular flexibility index (Phi) is 9.04. The normalized spacial score (nSPS) is 13.6. The maximum Gasteiger partial charge on any atom is 0.407 e. The van der Waals surface area contributed by atoms with Gasteiger partial charge in [-0.1, -0.05) is 78.9 Å². The number of hydrogen-bond acceptors (Lipinski definition) is 6. The number of hydrogen-bond donors (Lipinski definition) is 2. The number of benzene rings is 3. The SMILES string of the molecule is CC(C)(C)OC(=O)CN(C(CCNC(=O)OCC1c2ccccc2-c2ccccc21)c1ccccc1)[SH](=O)=O. The lowest BCUT2D eigenvalue weighted by atomic mass is 9.98. The maximum absolute atomic E-state index is 12.6. The second-order valence-corrected chi connectivity index (χ2v) is 11.4. The summed E-state index contributed by atoms with van der Waals surface area (Å²) in [5.74, 6) is -0.707. The Hall–Kier alpha value is -3.69. The highest BCUT2D eigenvalue weighted by Crippen LogP contribution is 2.44. The van der Waals surface area contributed by atoms with E-state index in [4.69, 9.17) is 9.47 Å². The minimum absolute atomic E-state index is 0.0611. The minimum Gasteiger partial charge on any atom is -0.459 e. The topological polar surface area (TPSA) is 102 Å². The monoisotopic (exact) mass is 550 g/mol. The lowest BCUT2D eigenvalue weighted by Crippen LogP contribution is -2.38. The molecule has 0 fully saturated rings. The molecule has 0 spiro atoms. The Morgan fingerprint density at radius 3 is 2.03 bits per heavy atom. The minimum atomic E-state index is -3.11. The zero-order chi connectivity index (χ0) is 28.0. The third-order valence-electron chi connectivity index (χ3n) is 6.50. The molecule has 4 rings (SSSR count). The molecular weight excluding hydrogens is 516 g/mol. The smallest absolute Gasteiger partial charge is 0.407 e. The van der Waals surface area contributed by atoms with Crippen LogP contribution in [-0.2, 0) is 25.2 Å². The first-order valence-corrected chi connectivity index (χ1v) is 14.0. The van der Waals surface area contributed by atoms with Gasteiger partial charge in [-0.3, -0.25) is 4.79 Å². The summed E-state index contributed by atoms with van der Waals surface area (Å²) in [5.41, 5.74) is 4.48. The molecule has 1 unspecified atom stereocenters. The number of thiol groups is 1. The van der Waals surface area contributed by atoms with E-state index < -0.39 is 41.1 Å². The summed E-state index contributed by atoms with van der Waals surface area (Å²) in [4.78, 5) is 25.1. The molecule has 0 aliphatic heterocycles. The van der Waals surface area contributed by atoms with Crippen LogP contribution in [0.2, 0.25) is 0 Å². The first kappa shape index (κ1) is 28.3. The van der Waals surface area contributed by atoms with E-state index in [0.717, 1.165) is 26.6 Å². The van der Waals surface area contributed by atoms with Gasteiger partial charge in [0.25, 0.3) is 0 Å². The first-order chi connectivity index (χ1) is 18.6. The van der Waals surface area contributed by atoms with Crippen molar-refractivity contribution in [2.45, 2.75) is 44.8 Å². The molecule has 8 nitrogen and oxygen atoms in total. The van der Waals surface area contributed by atoms with Gasteiger partial charge < -0.3 is 14.8 Å². The lowest BCUT2D eigenvalue weighted by molar-refractivity contribution is -0.155. The second-order valence-electron chi connectivity index (χ2n) is 10.4. The third-order valence-corrected chi connectivity index (χ3v) is 7.34. The predicted molar refractivity (Wildman–Crippen MR) is 150 cm³/mol. The Balaban J connectivity index is 1.39. The molecule has 1 amide bonds. The molecule has 0 saturated carbocycles. The van der Waals surface area contributed by atoms with Gasteiger partial charge in [-0.2, -0.15) is 4.31 Å². The first-order valence-electron chi connectivity index (χ1n) is 12.9. The van der Waals surface area contributed by atoms with Gasteiger partial charge in [-0.15, -0.1) is 0 Å². The zero-order valence-electron chi connectivity index (χ0n) is 22.3. The van der Waals surface area contributed by atoms with Gasteiger partial charge in [-0.25, -0.2) is 13.2 Å². The summed E-state index contributed by atoms with van der Waals surface area (Å²) < 4.78 is 36.4. The van der Waals surface area contributed by atoms with Crippen LogP contribution >= 0.6 is 0 Å².